The number of nitrogens with one attached hydrogen (secondary N) is 1. The van der Waals surface area contributed by atoms with Gasteiger partial charge in [-0.1, -0.05) is 24.3 Å². The molecule has 2 aliphatic rings. The minimum atomic E-state index is -0.622. The van der Waals surface area contributed by atoms with E-state index in [0.717, 1.165) is 36.8 Å². The Labute approximate surface area is 123 Å². The molecule has 4 rings (SSSR count). The maximum atomic E-state index is 12.1. The molecular weight excluding hydrogens is 272 g/mol. The van der Waals surface area contributed by atoms with Crippen LogP contribution in [0.2, 0.25) is 0 Å². The third-order valence-electron chi connectivity index (χ3n) is 4.37. The van der Waals surface area contributed by atoms with E-state index in [0.29, 0.717) is 0 Å². The summed E-state index contributed by atoms with van der Waals surface area (Å²) in [6.07, 6.45) is 3.79. The molecule has 0 aliphatic heterocycles. The Kier molecular flexibility index (Phi) is 3.00. The van der Waals surface area contributed by atoms with Crippen LogP contribution in [-0.4, -0.2) is 11.4 Å². The van der Waals surface area contributed by atoms with Gasteiger partial charge in [-0.3, -0.25) is 4.79 Å². The number of benzene rings is 2. The lowest BCUT2D eigenvalue weighted by molar-refractivity contribution is -0.118. The van der Waals surface area contributed by atoms with Gasteiger partial charge in [0.25, 0.3) is 0 Å². The number of hydrogen-bond acceptors (Lipinski definition) is 2. The van der Waals surface area contributed by atoms with Gasteiger partial charge in [0, 0.05) is 11.1 Å². The number of carbonyl (C=O) groups is 1. The Morgan fingerprint density at radius 2 is 1.80 bits per heavy atom. The zero-order valence-corrected chi connectivity index (χ0v) is 11.9. The maximum absolute atomic E-state index is 12.1. The summed E-state index contributed by atoms with van der Waals surface area (Å²) in [4.78, 5) is 12.1. The summed E-state index contributed by atoms with van der Waals surface area (Å²) in [6, 6.07) is 10.5. The van der Waals surface area contributed by atoms with E-state index < -0.39 is 5.54 Å². The van der Waals surface area contributed by atoms with Crippen LogP contribution in [-0.2, 0) is 17.6 Å². The Morgan fingerprint density at radius 3 is 2.50 bits per heavy atom. The Balaban J connectivity index is 0.00000121. The molecule has 0 aromatic heterocycles. The third kappa shape index (κ3) is 1.89. The van der Waals surface area contributed by atoms with Crippen molar-refractivity contribution < 1.29 is 4.79 Å². The van der Waals surface area contributed by atoms with Crippen molar-refractivity contribution in [1.82, 2.24) is 0 Å². The molecule has 3 N–H and O–H groups in total. The van der Waals surface area contributed by atoms with Gasteiger partial charge in [0.1, 0.15) is 0 Å². The van der Waals surface area contributed by atoms with E-state index in [9.17, 15) is 4.79 Å². The molecule has 3 nitrogen and oxygen atoms in total. The molecule has 2 aromatic carbocycles. The number of anilines is 1. The quantitative estimate of drug-likeness (QED) is 0.893. The topological polar surface area (TPSA) is 55.1 Å². The van der Waals surface area contributed by atoms with E-state index in [1.54, 1.807) is 0 Å². The predicted octanol–water partition coefficient (Wildman–Crippen LogP) is 2.79. The van der Waals surface area contributed by atoms with Crippen LogP contribution in [0.5, 0.6) is 0 Å². The first-order valence-electron chi connectivity index (χ1n) is 6.81. The zero-order chi connectivity index (χ0) is 13.0. The van der Waals surface area contributed by atoms with Crippen LogP contribution in [0.3, 0.4) is 0 Å². The van der Waals surface area contributed by atoms with Gasteiger partial charge < -0.3 is 11.1 Å². The smallest absolute Gasteiger partial charge is 0.244 e. The normalized spacial score (nSPS) is 17.6. The second-order valence-electron chi connectivity index (χ2n) is 5.72. The van der Waals surface area contributed by atoms with Gasteiger partial charge in [0.15, 0.2) is 0 Å². The van der Waals surface area contributed by atoms with E-state index in [2.05, 4.69) is 29.6 Å². The van der Waals surface area contributed by atoms with E-state index in [4.69, 9.17) is 5.73 Å². The van der Waals surface area contributed by atoms with E-state index in [1.807, 2.05) is 6.07 Å². The molecule has 4 heteroatoms. The predicted molar refractivity (Wildman–Crippen MR) is 83.4 cm³/mol. The molecule has 1 fully saturated rings. The van der Waals surface area contributed by atoms with Crippen molar-refractivity contribution in [2.45, 2.75) is 31.2 Å². The monoisotopic (exact) mass is 288 g/mol. The van der Waals surface area contributed by atoms with Crippen LogP contribution in [0.1, 0.15) is 24.0 Å². The summed E-state index contributed by atoms with van der Waals surface area (Å²) in [6.45, 7) is 0. The standard InChI is InChI=1S/C16H16N2O.ClH/c17-16(8-9-16)15(19)18-13-7-6-11-5-4-10-2-1-3-12(13)14(10)11;/h1-3,6-7H,4-5,8-9,17H2,(H,18,19);1H. The van der Waals surface area contributed by atoms with E-state index >= 15 is 0 Å². The highest BCUT2D eigenvalue weighted by molar-refractivity contribution is 6.08. The number of carbonyl (C=O) groups excluding carboxylic acids is 1. The van der Waals surface area contributed by atoms with Gasteiger partial charge in [-0.2, -0.15) is 0 Å². The van der Waals surface area contributed by atoms with Crippen LogP contribution in [0.4, 0.5) is 5.69 Å². The molecule has 1 amide bonds. The van der Waals surface area contributed by atoms with E-state index in [-0.39, 0.29) is 18.3 Å². The van der Waals surface area contributed by atoms with Gasteiger partial charge in [-0.15, -0.1) is 12.4 Å². The van der Waals surface area contributed by atoms with Gasteiger partial charge in [0.2, 0.25) is 5.91 Å². The lowest BCUT2D eigenvalue weighted by atomic mass is 10.0. The maximum Gasteiger partial charge on any atom is 0.244 e. The van der Waals surface area contributed by atoms with Gasteiger partial charge in [0.05, 0.1) is 5.54 Å². The second kappa shape index (κ2) is 4.47. The highest BCUT2D eigenvalue weighted by Gasteiger charge is 2.46. The Hall–Kier alpha value is -1.58. The Bertz CT molecular complexity index is 697. The molecule has 104 valence electrons. The summed E-state index contributed by atoms with van der Waals surface area (Å²) in [5, 5.41) is 5.47. The van der Waals surface area contributed by atoms with E-state index in [1.165, 1.54) is 16.5 Å². The van der Waals surface area contributed by atoms with Crippen LogP contribution in [0.25, 0.3) is 10.8 Å². The number of hydrogen-bond donors (Lipinski definition) is 2. The third-order valence-corrected chi connectivity index (χ3v) is 4.37. The molecule has 0 heterocycles. The molecule has 0 atom stereocenters. The first-order chi connectivity index (χ1) is 9.17. The van der Waals surface area contributed by atoms with Crippen molar-refractivity contribution in [3.63, 3.8) is 0 Å². The molecule has 0 unspecified atom stereocenters. The van der Waals surface area contributed by atoms with Crippen molar-refractivity contribution in [3.8, 4) is 0 Å². The highest BCUT2D eigenvalue weighted by Crippen LogP contribution is 2.37. The fourth-order valence-electron chi connectivity index (χ4n) is 2.96. The molecule has 0 spiro atoms. The van der Waals surface area contributed by atoms with Gasteiger partial charge >= 0.3 is 0 Å². The van der Waals surface area contributed by atoms with Crippen molar-refractivity contribution in [2.75, 3.05) is 5.32 Å². The summed E-state index contributed by atoms with van der Waals surface area (Å²) in [5.41, 5.74) is 8.99. The van der Waals surface area contributed by atoms with Crippen LogP contribution in [0.15, 0.2) is 30.3 Å². The lowest BCUT2D eigenvalue weighted by Gasteiger charge is -2.13. The van der Waals surface area contributed by atoms with Crippen molar-refractivity contribution in [3.05, 3.63) is 41.5 Å². The molecule has 1 saturated carbocycles. The van der Waals surface area contributed by atoms with Gasteiger partial charge in [-0.05, 0) is 48.3 Å². The number of nitrogens with two attached hydrogens (primary N) is 1. The Morgan fingerprint density at radius 1 is 1.10 bits per heavy atom. The van der Waals surface area contributed by atoms with Crippen molar-refractivity contribution in [2.24, 2.45) is 5.73 Å². The summed E-state index contributed by atoms with van der Waals surface area (Å²) >= 11 is 0. The van der Waals surface area contributed by atoms with Crippen LogP contribution in [0, 0.1) is 0 Å². The fraction of sp³-hybridized carbons (Fsp3) is 0.312. The first kappa shape index (κ1) is 13.4. The molecule has 0 saturated heterocycles. The van der Waals surface area contributed by atoms with Crippen molar-refractivity contribution >= 4 is 34.8 Å². The molecule has 20 heavy (non-hydrogen) atoms. The largest absolute Gasteiger partial charge is 0.324 e. The highest BCUT2D eigenvalue weighted by atomic mass is 35.5. The fourth-order valence-corrected chi connectivity index (χ4v) is 2.96. The molecular formula is C16H17ClN2O. The first-order valence-corrected chi connectivity index (χ1v) is 6.81. The number of amides is 1. The summed E-state index contributed by atoms with van der Waals surface area (Å²) in [5.74, 6) is -0.0498. The minimum absolute atomic E-state index is 0. The number of rotatable bonds is 2. The van der Waals surface area contributed by atoms with Crippen LogP contribution >= 0.6 is 12.4 Å². The van der Waals surface area contributed by atoms with Crippen molar-refractivity contribution in [1.29, 1.82) is 0 Å². The SMILES string of the molecule is Cl.NC1(C(=O)Nc2ccc3c4c(cccc24)CC3)CC1. The lowest BCUT2D eigenvalue weighted by Crippen LogP contribution is -2.37. The summed E-state index contributed by atoms with van der Waals surface area (Å²) in [7, 11) is 0. The number of halogens is 1. The van der Waals surface area contributed by atoms with Crippen LogP contribution < -0.4 is 11.1 Å². The average Bonchev–Trinajstić information content (AvgIpc) is 3.04. The second-order valence-corrected chi connectivity index (χ2v) is 5.72. The molecule has 2 aliphatic carbocycles. The zero-order valence-electron chi connectivity index (χ0n) is 11.1. The average molecular weight is 289 g/mol. The number of aryl methyl sites for hydroxylation is 2. The van der Waals surface area contributed by atoms with Gasteiger partial charge in [-0.25, -0.2) is 0 Å². The summed E-state index contributed by atoms with van der Waals surface area (Å²) < 4.78 is 0. The molecule has 0 bridgehead atoms. The minimum Gasteiger partial charge on any atom is -0.324 e. The molecule has 0 radical (unpaired) electrons. The molecule has 2 aromatic rings.